The number of carbonyl (C=O) groups excluding carboxylic acids is 2. The zero-order valence-electron chi connectivity index (χ0n) is 19.3. The first-order valence-corrected chi connectivity index (χ1v) is 10.1. The van der Waals surface area contributed by atoms with E-state index in [0.29, 0.717) is 28.5 Å². The second-order valence-corrected chi connectivity index (χ2v) is 8.21. The fourth-order valence-electron chi connectivity index (χ4n) is 3.01. The third-order valence-corrected chi connectivity index (χ3v) is 4.49. The van der Waals surface area contributed by atoms with E-state index in [4.69, 9.17) is 9.47 Å². The maximum atomic E-state index is 12.9. The Labute approximate surface area is 195 Å². The number of nitrogens with one attached hydrogen (secondary N) is 2. The molecule has 2 amide bonds. The summed E-state index contributed by atoms with van der Waals surface area (Å²) in [6.07, 6.45) is -0.676. The Morgan fingerprint density at radius 1 is 1.12 bits per heavy atom. The molecule has 178 valence electrons. The van der Waals surface area contributed by atoms with Gasteiger partial charge in [0.1, 0.15) is 11.4 Å². The molecule has 0 bridgehead atoms. The van der Waals surface area contributed by atoms with Gasteiger partial charge in [-0.3, -0.25) is 20.2 Å². The molecule has 0 aliphatic carbocycles. The number of hydrogen-bond donors (Lipinski definition) is 2. The van der Waals surface area contributed by atoms with Crippen LogP contribution in [0.2, 0.25) is 0 Å². The van der Waals surface area contributed by atoms with Gasteiger partial charge in [-0.2, -0.15) is 0 Å². The van der Waals surface area contributed by atoms with Gasteiger partial charge in [0.05, 0.1) is 29.1 Å². The van der Waals surface area contributed by atoms with Crippen LogP contribution in [-0.2, 0) is 4.74 Å². The molecule has 34 heavy (non-hydrogen) atoms. The maximum absolute atomic E-state index is 12.9. The number of hydrogen-bond acceptors (Lipinski definition) is 8. The molecule has 1 heterocycles. The molecule has 2 N–H and O–H groups in total. The number of aromatic nitrogens is 3. The zero-order valence-corrected chi connectivity index (χ0v) is 19.3. The van der Waals surface area contributed by atoms with E-state index in [1.807, 2.05) is 0 Å². The summed E-state index contributed by atoms with van der Waals surface area (Å²) >= 11 is 0. The summed E-state index contributed by atoms with van der Waals surface area (Å²) in [6, 6.07) is 10.5. The third-order valence-electron chi connectivity index (χ3n) is 4.49. The van der Waals surface area contributed by atoms with Crippen LogP contribution in [0, 0.1) is 17.0 Å². The molecule has 12 nitrogen and oxygen atoms in total. The highest BCUT2D eigenvalue weighted by Crippen LogP contribution is 2.29. The van der Waals surface area contributed by atoms with E-state index >= 15 is 0 Å². The lowest BCUT2D eigenvalue weighted by atomic mass is 10.2. The summed E-state index contributed by atoms with van der Waals surface area (Å²) < 4.78 is 11.9. The van der Waals surface area contributed by atoms with Crippen molar-refractivity contribution in [2.45, 2.75) is 33.3 Å². The number of non-ortho nitro benzene ring substituents is 1. The predicted molar refractivity (Wildman–Crippen MR) is 124 cm³/mol. The summed E-state index contributed by atoms with van der Waals surface area (Å²) in [4.78, 5) is 35.5. The van der Waals surface area contributed by atoms with Crippen molar-refractivity contribution in [2.24, 2.45) is 0 Å². The lowest BCUT2D eigenvalue weighted by molar-refractivity contribution is -0.384. The third kappa shape index (κ3) is 5.65. The van der Waals surface area contributed by atoms with E-state index in [1.165, 1.54) is 36.1 Å². The predicted octanol–water partition coefficient (Wildman–Crippen LogP) is 4.09. The number of nitro benzene ring substituents is 1. The quantitative estimate of drug-likeness (QED) is 0.405. The van der Waals surface area contributed by atoms with Crippen LogP contribution in [0.15, 0.2) is 42.5 Å². The Hall–Kier alpha value is -4.48. The Morgan fingerprint density at radius 3 is 2.50 bits per heavy atom. The van der Waals surface area contributed by atoms with Gasteiger partial charge in [-0.15, -0.1) is 5.10 Å². The highest BCUT2D eigenvalue weighted by Gasteiger charge is 2.21. The van der Waals surface area contributed by atoms with Gasteiger partial charge in [0.2, 0.25) is 0 Å². The van der Waals surface area contributed by atoms with Gasteiger partial charge in [0.15, 0.2) is 5.69 Å². The van der Waals surface area contributed by atoms with Crippen LogP contribution < -0.4 is 15.4 Å². The molecule has 0 aliphatic rings. The number of nitro groups is 1. The first-order chi connectivity index (χ1) is 16.0. The molecular formula is C22H24N6O6. The van der Waals surface area contributed by atoms with Crippen molar-refractivity contribution in [3.63, 3.8) is 0 Å². The molecule has 0 fully saturated rings. The zero-order chi connectivity index (χ0) is 25.0. The van der Waals surface area contributed by atoms with Gasteiger partial charge < -0.3 is 14.8 Å². The van der Waals surface area contributed by atoms with Crippen molar-refractivity contribution in [1.29, 1.82) is 0 Å². The summed E-state index contributed by atoms with van der Waals surface area (Å²) in [7, 11) is 1.45. The van der Waals surface area contributed by atoms with Crippen molar-refractivity contribution in [1.82, 2.24) is 15.0 Å². The summed E-state index contributed by atoms with van der Waals surface area (Å²) in [6.45, 7) is 6.84. The molecule has 2 aromatic carbocycles. The van der Waals surface area contributed by atoms with Crippen LogP contribution in [0.3, 0.4) is 0 Å². The van der Waals surface area contributed by atoms with Crippen LogP contribution in [0.5, 0.6) is 5.75 Å². The smallest absolute Gasteiger partial charge is 0.412 e. The van der Waals surface area contributed by atoms with Crippen LogP contribution in [0.1, 0.15) is 37.0 Å². The molecule has 3 aromatic rings. The molecule has 0 atom stereocenters. The summed E-state index contributed by atoms with van der Waals surface area (Å²) in [5, 5.41) is 24.2. The van der Waals surface area contributed by atoms with Crippen LogP contribution >= 0.6 is 0 Å². The molecule has 0 saturated heterocycles. The molecule has 3 rings (SSSR count). The van der Waals surface area contributed by atoms with E-state index < -0.39 is 22.5 Å². The normalized spacial score (nSPS) is 11.0. The Bertz CT molecular complexity index is 1250. The minimum atomic E-state index is -0.689. The van der Waals surface area contributed by atoms with E-state index in [9.17, 15) is 19.7 Å². The average molecular weight is 468 g/mol. The van der Waals surface area contributed by atoms with Crippen molar-refractivity contribution in [2.75, 3.05) is 17.7 Å². The van der Waals surface area contributed by atoms with E-state index in [2.05, 4.69) is 20.9 Å². The lowest BCUT2D eigenvalue weighted by Gasteiger charge is -2.20. The second-order valence-electron chi connectivity index (χ2n) is 8.21. The van der Waals surface area contributed by atoms with Crippen molar-refractivity contribution >= 4 is 29.1 Å². The van der Waals surface area contributed by atoms with Crippen LogP contribution in [0.4, 0.5) is 21.9 Å². The van der Waals surface area contributed by atoms with Gasteiger partial charge in [-0.05, 0) is 52.0 Å². The number of benzene rings is 2. The van der Waals surface area contributed by atoms with Gasteiger partial charge >= 0.3 is 6.09 Å². The van der Waals surface area contributed by atoms with Crippen molar-refractivity contribution in [3.05, 3.63) is 64.0 Å². The summed E-state index contributed by atoms with van der Waals surface area (Å²) in [5.41, 5.74) is 0.676. The molecule has 0 aliphatic heterocycles. The molecule has 0 saturated carbocycles. The SMILES string of the molecule is COc1ccc(NC(=O)c2nnn(-c3cccc([N+](=O)[O-])c3)c2C)cc1NC(=O)OC(C)(C)C. The fraction of sp³-hybridized carbons (Fsp3) is 0.273. The highest BCUT2D eigenvalue weighted by molar-refractivity contribution is 6.04. The first-order valence-electron chi connectivity index (χ1n) is 10.1. The molecule has 1 aromatic heterocycles. The minimum absolute atomic E-state index is 0.0315. The number of nitrogens with zero attached hydrogens (tertiary/aromatic N) is 4. The largest absolute Gasteiger partial charge is 0.495 e. The minimum Gasteiger partial charge on any atom is -0.495 e. The van der Waals surface area contributed by atoms with E-state index in [1.54, 1.807) is 45.9 Å². The van der Waals surface area contributed by atoms with Gasteiger partial charge in [0, 0.05) is 17.8 Å². The number of carbonyl (C=O) groups is 2. The average Bonchev–Trinajstić information content (AvgIpc) is 3.14. The van der Waals surface area contributed by atoms with Crippen LogP contribution in [0.25, 0.3) is 5.69 Å². The number of amides is 2. The van der Waals surface area contributed by atoms with E-state index in [0.717, 1.165) is 0 Å². The van der Waals surface area contributed by atoms with Gasteiger partial charge in [-0.25, -0.2) is 9.48 Å². The maximum Gasteiger partial charge on any atom is 0.412 e. The molecule has 0 radical (unpaired) electrons. The number of ether oxygens (including phenoxy) is 2. The van der Waals surface area contributed by atoms with Crippen LogP contribution in [-0.4, -0.2) is 44.6 Å². The number of anilines is 2. The van der Waals surface area contributed by atoms with Gasteiger partial charge in [0.25, 0.3) is 11.6 Å². The van der Waals surface area contributed by atoms with Crippen molar-refractivity contribution in [3.8, 4) is 11.4 Å². The molecule has 0 spiro atoms. The topological polar surface area (TPSA) is 151 Å². The lowest BCUT2D eigenvalue weighted by Crippen LogP contribution is -2.27. The number of rotatable bonds is 6. The molecule has 0 unspecified atom stereocenters. The molecular weight excluding hydrogens is 444 g/mol. The number of methoxy groups -OCH3 is 1. The molecule has 12 heteroatoms. The Balaban J connectivity index is 1.82. The summed E-state index contributed by atoms with van der Waals surface area (Å²) in [5.74, 6) is -0.181. The monoisotopic (exact) mass is 468 g/mol. The van der Waals surface area contributed by atoms with Crippen molar-refractivity contribution < 1.29 is 24.0 Å². The fourth-order valence-corrected chi connectivity index (χ4v) is 3.01. The van der Waals surface area contributed by atoms with E-state index in [-0.39, 0.29) is 11.4 Å². The first kappa shape index (κ1) is 24.2. The Kier molecular flexibility index (Phi) is 6.80. The second kappa shape index (κ2) is 9.57. The highest BCUT2D eigenvalue weighted by atomic mass is 16.6. The Morgan fingerprint density at radius 2 is 1.85 bits per heavy atom. The van der Waals surface area contributed by atoms with Gasteiger partial charge in [-0.1, -0.05) is 11.3 Å². The standard InChI is InChI=1S/C22H24N6O6/c1-13-19(25-26-27(13)15-7-6-8-16(12-15)28(31)32)20(29)23-14-9-10-18(33-5)17(11-14)24-21(30)34-22(2,3)4/h6-12H,1-5H3,(H,23,29)(H,24,30).